The summed E-state index contributed by atoms with van der Waals surface area (Å²) in [4.78, 5) is 11.4. The lowest BCUT2D eigenvalue weighted by molar-refractivity contribution is -0.120. The van der Waals surface area contributed by atoms with E-state index in [0.29, 0.717) is 6.42 Å². The van der Waals surface area contributed by atoms with Crippen LogP contribution < -0.4 is 5.32 Å². The van der Waals surface area contributed by atoms with Crippen LogP contribution in [0.25, 0.3) is 0 Å². The van der Waals surface area contributed by atoms with Crippen molar-refractivity contribution in [3.63, 3.8) is 0 Å². The van der Waals surface area contributed by atoms with Gasteiger partial charge in [0.1, 0.15) is 6.07 Å². The minimum atomic E-state index is -3.86. The molecule has 1 N–H and O–H groups in total. The third-order valence-corrected chi connectivity index (χ3v) is 4.60. The minimum absolute atomic E-state index is 0.0696. The standard InChI is InChI=1S/C13H17N3O3S/c1-3-8-16(10-13(17)15-2)20(18,19)12-7-5-4-6-11(12)9-14/h4-7H,3,8,10H2,1-2H3,(H,15,17). The van der Waals surface area contributed by atoms with Crippen molar-refractivity contribution in [2.24, 2.45) is 0 Å². The Labute approximate surface area is 119 Å². The zero-order valence-electron chi connectivity index (χ0n) is 11.5. The summed E-state index contributed by atoms with van der Waals surface area (Å²) in [5, 5.41) is 11.4. The number of hydrogen-bond acceptors (Lipinski definition) is 4. The SMILES string of the molecule is CCCN(CC(=O)NC)S(=O)(=O)c1ccccc1C#N. The van der Waals surface area contributed by atoms with Crippen LogP contribution in [0.15, 0.2) is 29.2 Å². The van der Waals surface area contributed by atoms with Crippen molar-refractivity contribution in [1.82, 2.24) is 9.62 Å². The molecule has 0 heterocycles. The summed E-state index contributed by atoms with van der Waals surface area (Å²) >= 11 is 0. The first kappa shape index (κ1) is 16.1. The zero-order valence-corrected chi connectivity index (χ0v) is 12.3. The predicted molar refractivity (Wildman–Crippen MR) is 74.3 cm³/mol. The number of rotatable bonds is 6. The van der Waals surface area contributed by atoms with Crippen LogP contribution in [0.5, 0.6) is 0 Å². The van der Waals surface area contributed by atoms with E-state index in [1.165, 1.54) is 19.2 Å². The first-order valence-electron chi connectivity index (χ1n) is 6.17. The summed E-state index contributed by atoms with van der Waals surface area (Å²) in [6.07, 6.45) is 0.574. The Morgan fingerprint density at radius 3 is 2.60 bits per heavy atom. The van der Waals surface area contributed by atoms with Gasteiger partial charge in [0.05, 0.1) is 17.0 Å². The molecule has 0 radical (unpaired) electrons. The molecule has 0 aliphatic carbocycles. The van der Waals surface area contributed by atoms with Gasteiger partial charge in [-0.05, 0) is 18.6 Å². The maximum Gasteiger partial charge on any atom is 0.244 e. The van der Waals surface area contributed by atoms with E-state index in [-0.39, 0.29) is 23.5 Å². The Balaban J connectivity index is 3.23. The molecule has 1 aromatic carbocycles. The summed E-state index contributed by atoms with van der Waals surface area (Å²) in [7, 11) is -2.41. The Kier molecular flexibility index (Phi) is 5.67. The predicted octanol–water partition coefficient (Wildman–Crippen LogP) is 0.705. The van der Waals surface area contributed by atoms with Gasteiger partial charge >= 0.3 is 0 Å². The van der Waals surface area contributed by atoms with Gasteiger partial charge in [-0.15, -0.1) is 0 Å². The van der Waals surface area contributed by atoms with Crippen LogP contribution in [0, 0.1) is 11.3 Å². The Hall–Kier alpha value is -1.91. The van der Waals surface area contributed by atoms with Crippen LogP contribution in [0.1, 0.15) is 18.9 Å². The number of nitriles is 1. The molecule has 0 atom stereocenters. The summed E-state index contributed by atoms with van der Waals surface area (Å²) in [5.74, 6) is -0.392. The molecule has 108 valence electrons. The third kappa shape index (κ3) is 3.56. The quantitative estimate of drug-likeness (QED) is 0.836. The fourth-order valence-corrected chi connectivity index (χ4v) is 3.33. The van der Waals surface area contributed by atoms with Gasteiger partial charge < -0.3 is 5.32 Å². The molecule has 20 heavy (non-hydrogen) atoms. The highest BCUT2D eigenvalue weighted by atomic mass is 32.2. The molecule has 0 aromatic heterocycles. The van der Waals surface area contributed by atoms with Gasteiger partial charge in [-0.1, -0.05) is 19.1 Å². The topological polar surface area (TPSA) is 90.3 Å². The van der Waals surface area contributed by atoms with Crippen LogP contribution >= 0.6 is 0 Å². The highest BCUT2D eigenvalue weighted by molar-refractivity contribution is 7.89. The molecule has 0 unspecified atom stereocenters. The molecule has 6 nitrogen and oxygen atoms in total. The minimum Gasteiger partial charge on any atom is -0.358 e. The van der Waals surface area contributed by atoms with Gasteiger partial charge in [0, 0.05) is 13.6 Å². The van der Waals surface area contributed by atoms with E-state index >= 15 is 0 Å². The zero-order chi connectivity index (χ0) is 15.2. The second-order valence-electron chi connectivity index (χ2n) is 4.12. The lowest BCUT2D eigenvalue weighted by atomic mass is 10.2. The van der Waals surface area contributed by atoms with E-state index in [1.807, 2.05) is 13.0 Å². The number of amides is 1. The van der Waals surface area contributed by atoms with Crippen molar-refractivity contribution < 1.29 is 13.2 Å². The van der Waals surface area contributed by atoms with Crippen LogP contribution in [-0.2, 0) is 14.8 Å². The molecule has 1 rings (SSSR count). The van der Waals surface area contributed by atoms with Crippen LogP contribution in [0.4, 0.5) is 0 Å². The lowest BCUT2D eigenvalue weighted by Crippen LogP contribution is -2.40. The molecule has 0 aliphatic rings. The molecule has 1 aromatic rings. The van der Waals surface area contributed by atoms with E-state index in [0.717, 1.165) is 4.31 Å². The summed E-state index contributed by atoms with van der Waals surface area (Å²) in [6.45, 7) is 1.78. The molecule has 0 bridgehead atoms. The molecule has 1 amide bonds. The average molecular weight is 295 g/mol. The fraction of sp³-hybridized carbons (Fsp3) is 0.385. The van der Waals surface area contributed by atoms with Gasteiger partial charge in [-0.2, -0.15) is 9.57 Å². The fourth-order valence-electron chi connectivity index (χ4n) is 1.70. The van der Waals surface area contributed by atoms with Gasteiger partial charge in [0.2, 0.25) is 15.9 Å². The van der Waals surface area contributed by atoms with Gasteiger partial charge in [0.25, 0.3) is 0 Å². The highest BCUT2D eigenvalue weighted by Crippen LogP contribution is 2.19. The number of nitrogens with zero attached hydrogens (tertiary/aromatic N) is 2. The monoisotopic (exact) mass is 295 g/mol. The molecule has 0 aliphatic heterocycles. The summed E-state index contributed by atoms with van der Waals surface area (Å²) in [5.41, 5.74) is 0.0745. The second kappa shape index (κ2) is 7.03. The third-order valence-electron chi connectivity index (χ3n) is 2.70. The van der Waals surface area contributed by atoms with E-state index < -0.39 is 15.9 Å². The molecule has 7 heteroatoms. The van der Waals surface area contributed by atoms with Crippen LogP contribution in [0.2, 0.25) is 0 Å². The number of sulfonamides is 1. The molecular formula is C13H17N3O3S. The van der Waals surface area contributed by atoms with E-state index in [9.17, 15) is 13.2 Å². The molecular weight excluding hydrogens is 278 g/mol. The number of benzene rings is 1. The maximum atomic E-state index is 12.5. The largest absolute Gasteiger partial charge is 0.358 e. The number of likely N-dealkylation sites (N-methyl/N-ethyl adjacent to an activating group) is 1. The van der Waals surface area contributed by atoms with Crippen molar-refractivity contribution in [2.75, 3.05) is 20.1 Å². The Morgan fingerprint density at radius 2 is 2.05 bits per heavy atom. The summed E-state index contributed by atoms with van der Waals surface area (Å²) < 4.78 is 26.2. The first-order chi connectivity index (χ1) is 9.47. The maximum absolute atomic E-state index is 12.5. The van der Waals surface area contributed by atoms with E-state index in [4.69, 9.17) is 5.26 Å². The normalized spacial score (nSPS) is 11.1. The number of carbonyl (C=O) groups is 1. The van der Waals surface area contributed by atoms with Gasteiger partial charge in [-0.3, -0.25) is 4.79 Å². The second-order valence-corrected chi connectivity index (χ2v) is 6.03. The van der Waals surface area contributed by atoms with E-state index in [2.05, 4.69) is 5.32 Å². The number of hydrogen-bond donors (Lipinski definition) is 1. The number of carbonyl (C=O) groups excluding carboxylic acids is 1. The summed E-state index contributed by atoms with van der Waals surface area (Å²) in [6, 6.07) is 7.83. The van der Waals surface area contributed by atoms with Crippen LogP contribution in [-0.4, -0.2) is 38.8 Å². The first-order valence-corrected chi connectivity index (χ1v) is 7.61. The molecule has 0 saturated carbocycles. The van der Waals surface area contributed by atoms with Gasteiger partial charge in [-0.25, -0.2) is 8.42 Å². The molecule has 0 fully saturated rings. The smallest absolute Gasteiger partial charge is 0.244 e. The molecule has 0 saturated heterocycles. The average Bonchev–Trinajstić information content (AvgIpc) is 2.46. The van der Waals surface area contributed by atoms with Crippen molar-refractivity contribution in [3.8, 4) is 6.07 Å². The number of nitrogens with one attached hydrogen (secondary N) is 1. The van der Waals surface area contributed by atoms with Crippen molar-refractivity contribution >= 4 is 15.9 Å². The Morgan fingerprint density at radius 1 is 1.40 bits per heavy atom. The lowest BCUT2D eigenvalue weighted by Gasteiger charge is -2.21. The Bertz CT molecular complexity index is 620. The van der Waals surface area contributed by atoms with Crippen molar-refractivity contribution in [2.45, 2.75) is 18.2 Å². The van der Waals surface area contributed by atoms with E-state index in [1.54, 1.807) is 12.1 Å². The molecule has 0 spiro atoms. The van der Waals surface area contributed by atoms with Crippen LogP contribution in [0.3, 0.4) is 0 Å². The van der Waals surface area contributed by atoms with Gasteiger partial charge in [0.15, 0.2) is 0 Å². The van der Waals surface area contributed by atoms with Crippen molar-refractivity contribution in [3.05, 3.63) is 29.8 Å². The highest BCUT2D eigenvalue weighted by Gasteiger charge is 2.27. The van der Waals surface area contributed by atoms with Crippen molar-refractivity contribution in [1.29, 1.82) is 5.26 Å².